The summed E-state index contributed by atoms with van der Waals surface area (Å²) in [5, 5.41) is 0.796. The second-order valence-electron chi connectivity index (χ2n) is 9.87. The number of hydrogen-bond acceptors (Lipinski definition) is 8. The lowest BCUT2D eigenvalue weighted by Crippen LogP contribution is -2.26. The van der Waals surface area contributed by atoms with Gasteiger partial charge in [0.05, 0.1) is 33.7 Å². The SMILES string of the molecule is CCS(=O)(=O)c1ccc(CC(=O)Cc2nc3c(s2)CN(Cc2cccc(S(C)(=O)=O)c2)[C@@H]3C(C)C)cc1. The lowest BCUT2D eigenvalue weighted by molar-refractivity contribution is -0.117. The van der Waals surface area contributed by atoms with Crippen molar-refractivity contribution in [1.29, 1.82) is 0 Å². The number of ketones is 1. The minimum Gasteiger partial charge on any atom is -0.299 e. The molecule has 0 fully saturated rings. The number of sulfone groups is 2. The van der Waals surface area contributed by atoms with E-state index in [9.17, 15) is 21.6 Å². The van der Waals surface area contributed by atoms with E-state index in [-0.39, 0.29) is 35.3 Å². The molecule has 2 heterocycles. The van der Waals surface area contributed by atoms with Gasteiger partial charge in [0.1, 0.15) is 10.8 Å². The lowest BCUT2D eigenvalue weighted by Gasteiger charge is -2.27. The second kappa shape index (κ2) is 10.8. The number of thiazole rings is 1. The maximum absolute atomic E-state index is 12.8. The Balaban J connectivity index is 1.44. The van der Waals surface area contributed by atoms with Gasteiger partial charge in [0.2, 0.25) is 0 Å². The quantitative estimate of drug-likeness (QED) is 0.362. The molecule has 37 heavy (non-hydrogen) atoms. The Morgan fingerprint density at radius 3 is 2.35 bits per heavy atom. The zero-order valence-electron chi connectivity index (χ0n) is 21.5. The fourth-order valence-corrected chi connectivity index (χ4v) is 7.47. The van der Waals surface area contributed by atoms with E-state index < -0.39 is 19.7 Å². The van der Waals surface area contributed by atoms with Gasteiger partial charge in [0, 0.05) is 30.6 Å². The number of fused-ring (bicyclic) bond motifs is 1. The van der Waals surface area contributed by atoms with Gasteiger partial charge in [0.25, 0.3) is 0 Å². The van der Waals surface area contributed by atoms with E-state index in [4.69, 9.17) is 4.98 Å². The summed E-state index contributed by atoms with van der Waals surface area (Å²) in [6.07, 6.45) is 1.69. The third-order valence-electron chi connectivity index (χ3n) is 6.55. The molecule has 0 N–H and O–H groups in total. The summed E-state index contributed by atoms with van der Waals surface area (Å²) >= 11 is 1.56. The number of carbonyl (C=O) groups excluding carboxylic acids is 1. The summed E-state index contributed by atoms with van der Waals surface area (Å²) in [6.45, 7) is 7.23. The van der Waals surface area contributed by atoms with Crippen LogP contribution in [0.3, 0.4) is 0 Å². The summed E-state index contributed by atoms with van der Waals surface area (Å²) < 4.78 is 47.9. The Bertz CT molecular complexity index is 1510. The van der Waals surface area contributed by atoms with Crippen molar-refractivity contribution in [2.45, 2.75) is 62.5 Å². The molecular weight excluding hydrogens is 529 g/mol. The number of Topliss-reactive ketones (excluding diaryl/α,β-unsaturated/α-hetero) is 1. The van der Waals surface area contributed by atoms with Gasteiger partial charge in [-0.25, -0.2) is 21.8 Å². The van der Waals surface area contributed by atoms with Crippen LogP contribution in [-0.2, 0) is 50.4 Å². The Kier molecular flexibility index (Phi) is 8.04. The summed E-state index contributed by atoms with van der Waals surface area (Å²) in [5.74, 6) is 0.374. The van der Waals surface area contributed by atoms with Gasteiger partial charge in [0.15, 0.2) is 19.7 Å². The molecule has 198 valence electrons. The molecular formula is C27H32N2O5S3. The zero-order valence-corrected chi connectivity index (χ0v) is 23.9. The van der Waals surface area contributed by atoms with Crippen LogP contribution in [0.1, 0.15) is 53.5 Å². The molecule has 0 unspecified atom stereocenters. The third-order valence-corrected chi connectivity index (χ3v) is 10.5. The topological polar surface area (TPSA) is 101 Å². The van der Waals surface area contributed by atoms with Crippen molar-refractivity contribution in [2.75, 3.05) is 12.0 Å². The van der Waals surface area contributed by atoms with Crippen molar-refractivity contribution >= 4 is 36.8 Å². The molecule has 2 aromatic carbocycles. The van der Waals surface area contributed by atoms with Gasteiger partial charge in [-0.3, -0.25) is 9.69 Å². The number of hydrogen-bond donors (Lipinski definition) is 0. The summed E-state index contributed by atoms with van der Waals surface area (Å²) in [6, 6.07) is 13.7. The Morgan fingerprint density at radius 1 is 1.03 bits per heavy atom. The van der Waals surface area contributed by atoms with E-state index in [2.05, 4.69) is 18.7 Å². The molecule has 0 amide bonds. The second-order valence-corrected chi connectivity index (χ2v) is 15.3. The van der Waals surface area contributed by atoms with Gasteiger partial charge < -0.3 is 0 Å². The molecule has 0 radical (unpaired) electrons. The maximum atomic E-state index is 12.8. The minimum atomic E-state index is -3.27. The van der Waals surface area contributed by atoms with Crippen LogP contribution in [0, 0.1) is 5.92 Å². The molecule has 4 rings (SSSR count). The molecule has 0 aliphatic carbocycles. The smallest absolute Gasteiger partial charge is 0.178 e. The molecule has 1 aliphatic heterocycles. The van der Waals surface area contributed by atoms with Crippen LogP contribution in [0.2, 0.25) is 0 Å². The molecule has 1 atom stereocenters. The fourth-order valence-electron chi connectivity index (χ4n) is 4.73. The van der Waals surface area contributed by atoms with E-state index >= 15 is 0 Å². The van der Waals surface area contributed by atoms with E-state index in [1.54, 1.807) is 60.7 Å². The molecule has 0 saturated heterocycles. The lowest BCUT2D eigenvalue weighted by atomic mass is 10.0. The average molecular weight is 561 g/mol. The first kappa shape index (κ1) is 27.6. The average Bonchev–Trinajstić information content (AvgIpc) is 3.35. The first-order chi connectivity index (χ1) is 17.4. The highest BCUT2D eigenvalue weighted by molar-refractivity contribution is 7.91. The van der Waals surface area contributed by atoms with Crippen molar-refractivity contribution in [3.8, 4) is 0 Å². The Morgan fingerprint density at radius 2 is 1.73 bits per heavy atom. The van der Waals surface area contributed by atoms with Crippen LogP contribution in [-0.4, -0.2) is 44.5 Å². The standard InChI is InChI=1S/C27H32N2O5S3/c1-5-37(33,34)22-11-9-19(10-12-22)13-21(30)15-25-28-26-24(35-25)17-29(27(26)18(2)3)16-20-7-6-8-23(14-20)36(4,31)32/h6-12,14,18,27H,5,13,15-17H2,1-4H3/t27-/m1/s1. The maximum Gasteiger partial charge on any atom is 0.178 e. The van der Waals surface area contributed by atoms with Gasteiger partial charge in [-0.1, -0.05) is 45.0 Å². The normalized spacial score (nSPS) is 16.3. The van der Waals surface area contributed by atoms with E-state index in [0.717, 1.165) is 26.7 Å². The van der Waals surface area contributed by atoms with Gasteiger partial charge >= 0.3 is 0 Å². The monoisotopic (exact) mass is 560 g/mol. The molecule has 3 aromatic rings. The van der Waals surface area contributed by atoms with Crippen LogP contribution in [0.5, 0.6) is 0 Å². The van der Waals surface area contributed by atoms with Gasteiger partial charge in [-0.05, 0) is 41.3 Å². The predicted octanol–water partition coefficient (Wildman–Crippen LogP) is 4.41. The van der Waals surface area contributed by atoms with Crippen molar-refractivity contribution in [1.82, 2.24) is 9.88 Å². The molecule has 10 heteroatoms. The highest BCUT2D eigenvalue weighted by atomic mass is 32.2. The van der Waals surface area contributed by atoms with E-state index in [0.29, 0.717) is 23.9 Å². The zero-order chi connectivity index (χ0) is 27.0. The molecule has 0 saturated carbocycles. The van der Waals surface area contributed by atoms with Gasteiger partial charge in [-0.2, -0.15) is 0 Å². The van der Waals surface area contributed by atoms with Crippen molar-refractivity contribution in [3.05, 3.63) is 75.2 Å². The first-order valence-electron chi connectivity index (χ1n) is 12.2. The van der Waals surface area contributed by atoms with Gasteiger partial charge in [-0.15, -0.1) is 11.3 Å². The van der Waals surface area contributed by atoms with Crippen LogP contribution in [0.4, 0.5) is 0 Å². The van der Waals surface area contributed by atoms with Crippen molar-refractivity contribution < 1.29 is 21.6 Å². The largest absolute Gasteiger partial charge is 0.299 e. The molecule has 1 aromatic heterocycles. The highest BCUT2D eigenvalue weighted by Gasteiger charge is 2.36. The van der Waals surface area contributed by atoms with Crippen LogP contribution in [0.25, 0.3) is 0 Å². The molecule has 0 spiro atoms. The van der Waals surface area contributed by atoms with E-state index in [1.807, 2.05) is 6.07 Å². The van der Waals surface area contributed by atoms with E-state index in [1.165, 1.54) is 6.26 Å². The molecule has 0 bridgehead atoms. The van der Waals surface area contributed by atoms with Crippen molar-refractivity contribution in [2.24, 2.45) is 5.92 Å². The van der Waals surface area contributed by atoms with Crippen LogP contribution < -0.4 is 0 Å². The predicted molar refractivity (Wildman–Crippen MR) is 145 cm³/mol. The highest BCUT2D eigenvalue weighted by Crippen LogP contribution is 2.42. The molecule has 7 nitrogen and oxygen atoms in total. The third kappa shape index (κ3) is 6.37. The number of aromatic nitrogens is 1. The summed E-state index contributed by atoms with van der Waals surface area (Å²) in [5.41, 5.74) is 2.74. The number of nitrogens with zero attached hydrogens (tertiary/aromatic N) is 2. The minimum absolute atomic E-state index is 0.0362. The first-order valence-corrected chi connectivity index (χ1v) is 16.6. The van der Waals surface area contributed by atoms with Crippen molar-refractivity contribution in [3.63, 3.8) is 0 Å². The molecule has 1 aliphatic rings. The number of rotatable bonds is 10. The number of carbonyl (C=O) groups is 1. The fraction of sp³-hybridized carbons (Fsp3) is 0.407. The van der Waals surface area contributed by atoms with Crippen LogP contribution >= 0.6 is 11.3 Å². The Labute approximate surface area is 223 Å². The number of benzene rings is 2. The summed E-state index contributed by atoms with van der Waals surface area (Å²) in [4.78, 5) is 21.7. The Hall–Kier alpha value is -2.40. The summed E-state index contributed by atoms with van der Waals surface area (Å²) in [7, 11) is -6.53. The van der Waals surface area contributed by atoms with Crippen LogP contribution in [0.15, 0.2) is 58.3 Å².